The Morgan fingerprint density at radius 3 is 2.33 bits per heavy atom. The Kier molecular flexibility index (Phi) is 8.22. The zero-order valence-corrected chi connectivity index (χ0v) is 19.7. The number of nitrogens with one attached hydrogen (secondary N) is 2. The van der Waals surface area contributed by atoms with Gasteiger partial charge in [0.1, 0.15) is 5.75 Å². The zero-order chi connectivity index (χ0) is 22.9. The van der Waals surface area contributed by atoms with Gasteiger partial charge in [0.25, 0.3) is 0 Å². The van der Waals surface area contributed by atoms with Crippen molar-refractivity contribution < 1.29 is 9.47 Å². The van der Waals surface area contributed by atoms with Crippen LogP contribution in [-0.2, 0) is 11.3 Å². The molecule has 0 aliphatic carbocycles. The van der Waals surface area contributed by atoms with E-state index in [-0.39, 0.29) is 6.04 Å². The van der Waals surface area contributed by atoms with Gasteiger partial charge in [0.2, 0.25) is 0 Å². The molecule has 0 bridgehead atoms. The lowest BCUT2D eigenvalue weighted by Gasteiger charge is -2.35. The quantitative estimate of drug-likeness (QED) is 0.367. The van der Waals surface area contributed by atoms with Gasteiger partial charge in [-0.2, -0.15) is 0 Å². The fourth-order valence-corrected chi connectivity index (χ4v) is 4.29. The first-order valence-corrected chi connectivity index (χ1v) is 11.7. The van der Waals surface area contributed by atoms with Crippen LogP contribution in [0.5, 0.6) is 5.75 Å². The largest absolute Gasteiger partial charge is 0.497 e. The zero-order valence-electron chi connectivity index (χ0n) is 19.7. The van der Waals surface area contributed by atoms with Crippen LogP contribution in [0.3, 0.4) is 0 Å². The van der Waals surface area contributed by atoms with Gasteiger partial charge < -0.3 is 25.0 Å². The molecule has 2 aromatic rings. The minimum absolute atomic E-state index is 0.228. The summed E-state index contributed by atoms with van der Waals surface area (Å²) in [7, 11) is 3.51. The van der Waals surface area contributed by atoms with Crippen LogP contribution >= 0.6 is 0 Å². The molecule has 0 amide bonds. The maximum atomic E-state index is 5.57. The van der Waals surface area contributed by atoms with E-state index < -0.39 is 0 Å². The predicted octanol–water partition coefficient (Wildman–Crippen LogP) is 2.81. The summed E-state index contributed by atoms with van der Waals surface area (Å²) >= 11 is 0. The van der Waals surface area contributed by atoms with Crippen molar-refractivity contribution in [2.75, 3.05) is 65.0 Å². The molecule has 176 valence electrons. The first kappa shape index (κ1) is 23.1. The highest BCUT2D eigenvalue weighted by Crippen LogP contribution is 2.24. The second-order valence-electron chi connectivity index (χ2n) is 8.29. The number of benzene rings is 2. The number of hydrogen-bond acceptors (Lipinski definition) is 5. The Bertz CT molecular complexity index is 913. The van der Waals surface area contributed by atoms with Crippen LogP contribution in [-0.4, -0.2) is 71.0 Å². The number of hydrogen-bond donors (Lipinski definition) is 2. The third-order valence-corrected chi connectivity index (χ3v) is 6.25. The Balaban J connectivity index is 1.34. The van der Waals surface area contributed by atoms with Crippen LogP contribution in [0.2, 0.25) is 0 Å². The van der Waals surface area contributed by atoms with Gasteiger partial charge in [-0.3, -0.25) is 9.89 Å². The second-order valence-corrected chi connectivity index (χ2v) is 8.29. The monoisotopic (exact) mass is 449 g/mol. The third kappa shape index (κ3) is 6.27. The predicted molar refractivity (Wildman–Crippen MR) is 134 cm³/mol. The van der Waals surface area contributed by atoms with Crippen LogP contribution < -0.4 is 20.3 Å². The molecule has 1 saturated heterocycles. The molecule has 2 aromatic carbocycles. The fraction of sp³-hybridized carbons (Fsp3) is 0.423. The van der Waals surface area contributed by atoms with E-state index in [2.05, 4.69) is 74.0 Å². The van der Waals surface area contributed by atoms with E-state index in [1.165, 1.54) is 16.8 Å². The van der Waals surface area contributed by atoms with E-state index in [0.29, 0.717) is 0 Å². The second kappa shape index (κ2) is 11.7. The summed E-state index contributed by atoms with van der Waals surface area (Å²) in [5, 5.41) is 6.98. The average molecular weight is 450 g/mol. The number of methoxy groups -OCH3 is 1. The molecule has 33 heavy (non-hydrogen) atoms. The molecule has 7 nitrogen and oxygen atoms in total. The third-order valence-electron chi connectivity index (χ3n) is 6.25. The van der Waals surface area contributed by atoms with Crippen molar-refractivity contribution in [1.29, 1.82) is 0 Å². The number of guanidine groups is 1. The molecule has 2 aliphatic heterocycles. The molecule has 4 rings (SSSR count). The van der Waals surface area contributed by atoms with Crippen molar-refractivity contribution in [3.05, 3.63) is 71.8 Å². The van der Waals surface area contributed by atoms with Crippen LogP contribution in [0.15, 0.2) is 65.7 Å². The molecular weight excluding hydrogens is 414 g/mol. The van der Waals surface area contributed by atoms with E-state index in [0.717, 1.165) is 64.2 Å². The van der Waals surface area contributed by atoms with E-state index in [9.17, 15) is 0 Å². The lowest BCUT2D eigenvalue weighted by molar-refractivity contribution is 0.0170. The van der Waals surface area contributed by atoms with Crippen molar-refractivity contribution in [2.45, 2.75) is 12.6 Å². The molecule has 2 heterocycles. The Hall–Kier alpha value is -3.03. The maximum Gasteiger partial charge on any atom is 0.191 e. The SMILES string of the molecule is CN=C(NCc1ccc(N2CC=CC2)cc1)NCC(c1ccc(OC)cc1)N1CCOCC1. The molecule has 2 aliphatic rings. The summed E-state index contributed by atoms with van der Waals surface area (Å²) in [5.41, 5.74) is 3.75. The molecular formula is C26H35N5O2. The van der Waals surface area contributed by atoms with Crippen LogP contribution in [0.4, 0.5) is 5.69 Å². The molecule has 1 fully saturated rings. The van der Waals surface area contributed by atoms with Crippen molar-refractivity contribution in [3.8, 4) is 5.75 Å². The van der Waals surface area contributed by atoms with Gasteiger partial charge in [-0.05, 0) is 35.4 Å². The number of rotatable bonds is 8. The van der Waals surface area contributed by atoms with Gasteiger partial charge in [0.05, 0.1) is 26.4 Å². The van der Waals surface area contributed by atoms with Gasteiger partial charge in [0, 0.05) is 52.0 Å². The molecule has 0 spiro atoms. The Morgan fingerprint density at radius 1 is 1.00 bits per heavy atom. The standard InChI is InChI=1S/C26H35N5O2/c1-27-26(28-19-21-5-9-23(10-6-21)30-13-3-4-14-30)29-20-25(31-15-17-33-18-16-31)22-7-11-24(32-2)12-8-22/h3-12,25H,13-20H2,1-2H3,(H2,27,28,29). The van der Waals surface area contributed by atoms with Gasteiger partial charge in [-0.15, -0.1) is 0 Å². The summed E-state index contributed by atoms with van der Waals surface area (Å²) < 4.78 is 10.9. The Morgan fingerprint density at radius 2 is 1.70 bits per heavy atom. The molecule has 7 heteroatoms. The number of nitrogens with zero attached hydrogens (tertiary/aromatic N) is 3. The van der Waals surface area contributed by atoms with Crippen molar-refractivity contribution >= 4 is 11.6 Å². The highest BCUT2D eigenvalue weighted by atomic mass is 16.5. The smallest absolute Gasteiger partial charge is 0.191 e. The summed E-state index contributed by atoms with van der Waals surface area (Å²) in [5.74, 6) is 1.67. The normalized spacial score (nSPS) is 17.8. The topological polar surface area (TPSA) is 61.4 Å². The number of ether oxygens (including phenoxy) is 2. The summed E-state index contributed by atoms with van der Waals surface area (Å²) in [6, 6.07) is 17.3. The molecule has 0 radical (unpaired) electrons. The minimum atomic E-state index is 0.228. The molecule has 1 atom stereocenters. The molecule has 1 unspecified atom stereocenters. The maximum absolute atomic E-state index is 5.57. The fourth-order valence-electron chi connectivity index (χ4n) is 4.29. The van der Waals surface area contributed by atoms with E-state index in [4.69, 9.17) is 9.47 Å². The number of aliphatic imine (C=N–C) groups is 1. The van der Waals surface area contributed by atoms with Crippen molar-refractivity contribution in [3.63, 3.8) is 0 Å². The van der Waals surface area contributed by atoms with Crippen LogP contribution in [0.25, 0.3) is 0 Å². The number of anilines is 1. The van der Waals surface area contributed by atoms with Crippen LogP contribution in [0, 0.1) is 0 Å². The summed E-state index contributed by atoms with van der Waals surface area (Å²) in [6.45, 7) is 6.84. The summed E-state index contributed by atoms with van der Waals surface area (Å²) in [6.07, 6.45) is 4.42. The molecule has 2 N–H and O–H groups in total. The van der Waals surface area contributed by atoms with Crippen LogP contribution in [0.1, 0.15) is 17.2 Å². The van der Waals surface area contributed by atoms with Gasteiger partial charge >= 0.3 is 0 Å². The Labute approximate surface area is 197 Å². The number of morpholine rings is 1. The van der Waals surface area contributed by atoms with Gasteiger partial charge in [-0.25, -0.2) is 0 Å². The first-order chi connectivity index (χ1) is 16.3. The van der Waals surface area contributed by atoms with Crippen molar-refractivity contribution in [2.24, 2.45) is 4.99 Å². The first-order valence-electron chi connectivity index (χ1n) is 11.7. The van der Waals surface area contributed by atoms with Crippen molar-refractivity contribution in [1.82, 2.24) is 15.5 Å². The minimum Gasteiger partial charge on any atom is -0.497 e. The molecule has 0 saturated carbocycles. The van der Waals surface area contributed by atoms with E-state index in [1.54, 1.807) is 7.11 Å². The highest BCUT2D eigenvalue weighted by Gasteiger charge is 2.23. The van der Waals surface area contributed by atoms with Gasteiger partial charge in [0.15, 0.2) is 5.96 Å². The highest BCUT2D eigenvalue weighted by molar-refractivity contribution is 5.79. The lowest BCUT2D eigenvalue weighted by atomic mass is 10.0. The average Bonchev–Trinajstić information content (AvgIpc) is 3.42. The van der Waals surface area contributed by atoms with E-state index in [1.807, 2.05) is 19.2 Å². The molecule has 0 aromatic heterocycles. The summed E-state index contributed by atoms with van der Waals surface area (Å²) in [4.78, 5) is 9.26. The van der Waals surface area contributed by atoms with E-state index >= 15 is 0 Å². The van der Waals surface area contributed by atoms with Gasteiger partial charge in [-0.1, -0.05) is 36.4 Å². The lowest BCUT2D eigenvalue weighted by Crippen LogP contribution is -2.46.